The lowest BCUT2D eigenvalue weighted by molar-refractivity contribution is 0.402. The summed E-state index contributed by atoms with van der Waals surface area (Å²) < 4.78 is 2.11. The van der Waals surface area contributed by atoms with Gasteiger partial charge in [-0.2, -0.15) is 0 Å². The van der Waals surface area contributed by atoms with Gasteiger partial charge in [0.25, 0.3) is 5.56 Å². The molecule has 2 rings (SSSR count). The highest BCUT2D eigenvalue weighted by molar-refractivity contribution is 9.11. The third kappa shape index (κ3) is 2.41. The van der Waals surface area contributed by atoms with Crippen molar-refractivity contribution in [3.63, 3.8) is 0 Å². The monoisotopic (exact) mass is 330 g/mol. The number of H-pyrrole nitrogens is 1. The lowest BCUT2D eigenvalue weighted by Gasteiger charge is -2.09. The van der Waals surface area contributed by atoms with Crippen LogP contribution in [0.1, 0.15) is 17.4 Å². The van der Waals surface area contributed by atoms with Crippen molar-refractivity contribution in [3.05, 3.63) is 47.2 Å². The molecule has 0 radical (unpaired) electrons. The van der Waals surface area contributed by atoms with E-state index in [0.717, 1.165) is 8.66 Å². The Morgan fingerprint density at radius 3 is 2.72 bits per heavy atom. The summed E-state index contributed by atoms with van der Waals surface area (Å²) in [7, 11) is 0. The van der Waals surface area contributed by atoms with Gasteiger partial charge in [-0.05, 0) is 34.5 Å². The smallest absolute Gasteiger partial charge is 0.331 e. The molecule has 2 aromatic heterocycles. The van der Waals surface area contributed by atoms with E-state index in [4.69, 9.17) is 0 Å². The summed E-state index contributed by atoms with van der Waals surface area (Å²) in [5, 5.41) is 9.95. The van der Waals surface area contributed by atoms with Crippen LogP contribution in [0, 0.1) is 0 Å². The van der Waals surface area contributed by atoms with Gasteiger partial charge in [0, 0.05) is 4.88 Å². The van der Waals surface area contributed by atoms with Gasteiger partial charge in [0.15, 0.2) is 0 Å². The third-order valence-corrected chi connectivity index (χ3v) is 4.17. The van der Waals surface area contributed by atoms with E-state index in [1.54, 1.807) is 6.92 Å². The maximum atomic E-state index is 11.7. The minimum Gasteiger partial charge on any atom is -0.494 e. The van der Waals surface area contributed by atoms with E-state index in [2.05, 4.69) is 20.9 Å². The maximum Gasteiger partial charge on any atom is 0.331 e. The van der Waals surface area contributed by atoms with Crippen molar-refractivity contribution in [1.29, 1.82) is 0 Å². The third-order valence-electron chi connectivity index (χ3n) is 2.56. The van der Waals surface area contributed by atoms with E-state index in [1.807, 2.05) is 12.1 Å². The molecule has 0 atom stereocenters. The second-order valence-electron chi connectivity index (χ2n) is 3.71. The molecule has 0 saturated carbocycles. The van der Waals surface area contributed by atoms with E-state index in [1.165, 1.54) is 15.9 Å². The van der Waals surface area contributed by atoms with Crippen LogP contribution in [-0.4, -0.2) is 14.7 Å². The second-order valence-corrected chi connectivity index (χ2v) is 6.25. The van der Waals surface area contributed by atoms with Gasteiger partial charge >= 0.3 is 5.69 Å². The molecule has 0 amide bonds. The van der Waals surface area contributed by atoms with Gasteiger partial charge in [-0.1, -0.05) is 6.92 Å². The summed E-state index contributed by atoms with van der Waals surface area (Å²) in [6.07, 6.45) is 0.371. The quantitative estimate of drug-likeness (QED) is 0.899. The average Bonchev–Trinajstić information content (AvgIpc) is 2.70. The zero-order valence-corrected chi connectivity index (χ0v) is 12.0. The van der Waals surface area contributed by atoms with Crippen molar-refractivity contribution in [1.82, 2.24) is 9.55 Å². The Morgan fingerprint density at radius 1 is 1.44 bits per heavy atom. The number of hydrogen-bond donors (Lipinski definition) is 2. The first kappa shape index (κ1) is 13.1. The molecule has 2 N–H and O–H groups in total. The van der Waals surface area contributed by atoms with Crippen LogP contribution in [0.5, 0.6) is 5.88 Å². The first-order valence-electron chi connectivity index (χ1n) is 5.32. The summed E-state index contributed by atoms with van der Waals surface area (Å²) in [5.41, 5.74) is -0.895. The van der Waals surface area contributed by atoms with E-state index in [0.29, 0.717) is 6.42 Å². The molecule has 2 aromatic rings. The van der Waals surface area contributed by atoms with E-state index < -0.39 is 11.2 Å². The predicted octanol–water partition coefficient (Wildman–Crippen LogP) is 1.68. The number of aromatic hydroxyl groups is 1. The minimum atomic E-state index is -0.598. The van der Waals surface area contributed by atoms with Crippen molar-refractivity contribution < 1.29 is 5.11 Å². The number of nitrogens with zero attached hydrogens (tertiary/aromatic N) is 1. The molecule has 0 aromatic carbocycles. The molecule has 0 unspecified atom stereocenters. The fourth-order valence-corrected chi connectivity index (χ4v) is 3.13. The average molecular weight is 331 g/mol. The Labute approximate surface area is 115 Å². The molecular formula is C11H11BrN2O3S. The van der Waals surface area contributed by atoms with Gasteiger partial charge in [-0.3, -0.25) is 14.3 Å². The molecule has 96 valence electrons. The molecule has 2 heterocycles. The van der Waals surface area contributed by atoms with Crippen LogP contribution in [-0.2, 0) is 13.0 Å². The number of thiophene rings is 1. The lowest BCUT2D eigenvalue weighted by Crippen LogP contribution is -2.32. The highest BCUT2D eigenvalue weighted by Crippen LogP contribution is 2.23. The minimum absolute atomic E-state index is 0.227. The van der Waals surface area contributed by atoms with Crippen molar-refractivity contribution in [3.8, 4) is 5.88 Å². The topological polar surface area (TPSA) is 75.1 Å². The zero-order chi connectivity index (χ0) is 13.3. The first-order chi connectivity index (χ1) is 8.52. The molecule has 0 aliphatic carbocycles. The summed E-state index contributed by atoms with van der Waals surface area (Å²) in [6.45, 7) is 1.99. The van der Waals surface area contributed by atoms with Gasteiger partial charge in [0.2, 0.25) is 5.88 Å². The van der Waals surface area contributed by atoms with Gasteiger partial charge in [0.05, 0.1) is 15.9 Å². The Kier molecular flexibility index (Phi) is 3.72. The molecule has 5 nitrogen and oxygen atoms in total. The zero-order valence-electron chi connectivity index (χ0n) is 9.57. The Bertz CT molecular complexity index is 686. The summed E-state index contributed by atoms with van der Waals surface area (Å²) in [5.74, 6) is -0.254. The number of nitrogens with one attached hydrogen (secondary N) is 1. The second kappa shape index (κ2) is 5.11. The maximum absolute atomic E-state index is 11.7. The van der Waals surface area contributed by atoms with Crippen molar-refractivity contribution in [2.24, 2.45) is 0 Å². The SMILES string of the molecule is CCc1c(O)n(Cc2ccc(Br)s2)c(=O)[nH]c1=O. The lowest BCUT2D eigenvalue weighted by atomic mass is 10.2. The van der Waals surface area contributed by atoms with E-state index in [-0.39, 0.29) is 18.0 Å². The molecule has 18 heavy (non-hydrogen) atoms. The van der Waals surface area contributed by atoms with Crippen LogP contribution in [0.4, 0.5) is 0 Å². The van der Waals surface area contributed by atoms with Crippen molar-refractivity contribution in [2.75, 3.05) is 0 Å². The number of hydrogen-bond acceptors (Lipinski definition) is 4. The van der Waals surface area contributed by atoms with E-state index in [9.17, 15) is 14.7 Å². The molecular weight excluding hydrogens is 320 g/mol. The van der Waals surface area contributed by atoms with E-state index >= 15 is 0 Å². The van der Waals surface area contributed by atoms with Gasteiger partial charge in [-0.25, -0.2) is 4.79 Å². The van der Waals surface area contributed by atoms with Crippen LogP contribution >= 0.6 is 27.3 Å². The Balaban J connectivity index is 2.51. The van der Waals surface area contributed by atoms with Crippen molar-refractivity contribution in [2.45, 2.75) is 19.9 Å². The summed E-state index contributed by atoms with van der Waals surface area (Å²) in [6, 6.07) is 3.73. The molecule has 0 fully saturated rings. The highest BCUT2D eigenvalue weighted by atomic mass is 79.9. The van der Waals surface area contributed by atoms with Crippen LogP contribution in [0.15, 0.2) is 25.5 Å². The number of halogens is 1. The largest absolute Gasteiger partial charge is 0.494 e. The van der Waals surface area contributed by atoms with Crippen molar-refractivity contribution >= 4 is 27.3 Å². The fourth-order valence-electron chi connectivity index (χ4n) is 1.66. The summed E-state index contributed by atoms with van der Waals surface area (Å²) >= 11 is 4.80. The predicted molar refractivity (Wildman–Crippen MR) is 73.5 cm³/mol. The van der Waals surface area contributed by atoms with Crippen LogP contribution in [0.3, 0.4) is 0 Å². The number of aromatic amines is 1. The molecule has 0 spiro atoms. The number of aromatic nitrogens is 2. The molecule has 7 heteroatoms. The van der Waals surface area contributed by atoms with Gasteiger partial charge in [0.1, 0.15) is 0 Å². The standard InChI is InChI=1S/C11H11BrN2O3S/c1-2-7-9(15)13-11(17)14(10(7)16)5-6-3-4-8(12)18-6/h3-4,16H,2,5H2,1H3,(H,13,15,17). The fraction of sp³-hybridized carbons (Fsp3) is 0.273. The Morgan fingerprint density at radius 2 is 2.17 bits per heavy atom. The molecule has 0 bridgehead atoms. The van der Waals surface area contributed by atoms with Crippen LogP contribution in [0.25, 0.3) is 0 Å². The van der Waals surface area contributed by atoms with Gasteiger partial charge < -0.3 is 5.11 Å². The van der Waals surface area contributed by atoms with Crippen LogP contribution < -0.4 is 11.2 Å². The molecule has 0 saturated heterocycles. The first-order valence-corrected chi connectivity index (χ1v) is 6.93. The number of rotatable bonds is 3. The highest BCUT2D eigenvalue weighted by Gasteiger charge is 2.13. The van der Waals surface area contributed by atoms with Gasteiger partial charge in [-0.15, -0.1) is 11.3 Å². The van der Waals surface area contributed by atoms with Crippen LogP contribution in [0.2, 0.25) is 0 Å². The normalized spacial score (nSPS) is 10.8. The summed E-state index contributed by atoms with van der Waals surface area (Å²) in [4.78, 5) is 26.3. The molecule has 0 aliphatic heterocycles. The molecule has 0 aliphatic rings. The Hall–Kier alpha value is -1.34.